The van der Waals surface area contributed by atoms with Crippen LogP contribution in [0.5, 0.6) is 0 Å². The van der Waals surface area contributed by atoms with Crippen LogP contribution in [-0.2, 0) is 23.1 Å². The summed E-state index contributed by atoms with van der Waals surface area (Å²) in [6.45, 7) is 3.95. The predicted octanol–water partition coefficient (Wildman–Crippen LogP) is 5.41. The first-order chi connectivity index (χ1) is 15.2. The number of carbonyl (C=O) groups is 2. The van der Waals surface area contributed by atoms with E-state index in [1.807, 2.05) is 26.0 Å². The Hall–Kier alpha value is -2.07. The van der Waals surface area contributed by atoms with Crippen LogP contribution in [0.3, 0.4) is 0 Å². The molecule has 0 fully saturated rings. The Balaban J connectivity index is 1.56. The van der Waals surface area contributed by atoms with E-state index in [2.05, 4.69) is 36.8 Å². The number of nitrogens with zero attached hydrogens (tertiary/aromatic N) is 3. The van der Waals surface area contributed by atoms with E-state index >= 15 is 0 Å². The van der Waals surface area contributed by atoms with Gasteiger partial charge in [0.2, 0.25) is 11.8 Å². The van der Waals surface area contributed by atoms with E-state index in [-0.39, 0.29) is 24.0 Å². The van der Waals surface area contributed by atoms with Gasteiger partial charge in [-0.25, -0.2) is 0 Å². The zero-order chi connectivity index (χ0) is 23.4. The van der Waals surface area contributed by atoms with E-state index in [1.54, 1.807) is 29.8 Å². The van der Waals surface area contributed by atoms with Crippen molar-refractivity contribution >= 4 is 74.1 Å². The molecule has 0 unspecified atom stereocenters. The number of anilines is 2. The molecular weight excluding hydrogens is 537 g/mol. The molecule has 0 aliphatic rings. The van der Waals surface area contributed by atoms with Gasteiger partial charge in [-0.05, 0) is 55.3 Å². The summed E-state index contributed by atoms with van der Waals surface area (Å²) < 4.78 is 2.69. The molecule has 1 heterocycles. The molecule has 0 atom stereocenters. The first-order valence-corrected chi connectivity index (χ1v) is 12.0. The molecule has 7 nitrogen and oxygen atoms in total. The number of rotatable bonds is 7. The van der Waals surface area contributed by atoms with Crippen LogP contribution >= 0.6 is 50.9 Å². The van der Waals surface area contributed by atoms with Crippen molar-refractivity contribution in [2.24, 2.45) is 7.05 Å². The van der Waals surface area contributed by atoms with E-state index in [9.17, 15) is 9.59 Å². The molecule has 1 aromatic heterocycles. The van der Waals surface area contributed by atoms with Gasteiger partial charge in [0.05, 0.1) is 22.2 Å². The van der Waals surface area contributed by atoms with E-state index in [1.165, 1.54) is 11.8 Å². The summed E-state index contributed by atoms with van der Waals surface area (Å²) >= 11 is 16.6. The number of thioether (sulfide) groups is 1. The lowest BCUT2D eigenvalue weighted by molar-refractivity contribution is -0.116. The maximum Gasteiger partial charge on any atom is 0.234 e. The number of nitrogens with one attached hydrogen (secondary N) is 2. The minimum Gasteiger partial charge on any atom is -0.326 e. The van der Waals surface area contributed by atoms with Crippen molar-refractivity contribution in [3.8, 4) is 0 Å². The van der Waals surface area contributed by atoms with Gasteiger partial charge < -0.3 is 15.2 Å². The maximum absolute atomic E-state index is 12.4. The monoisotopic (exact) mass is 555 g/mol. The fourth-order valence-electron chi connectivity index (χ4n) is 2.79. The average molecular weight is 557 g/mol. The van der Waals surface area contributed by atoms with Gasteiger partial charge in [0.1, 0.15) is 5.82 Å². The summed E-state index contributed by atoms with van der Waals surface area (Å²) in [5.74, 6) is 0.219. The number of carbonyl (C=O) groups excluding carboxylic acids is 2. The molecular formula is C21H20BrCl2N5O2S. The molecule has 3 rings (SSSR count). The Bertz CT molecular complexity index is 1190. The summed E-state index contributed by atoms with van der Waals surface area (Å²) in [4.78, 5) is 24.7. The molecule has 11 heteroatoms. The Morgan fingerprint density at radius 3 is 2.50 bits per heavy atom. The lowest BCUT2D eigenvalue weighted by Crippen LogP contribution is -2.17. The second-order valence-corrected chi connectivity index (χ2v) is 9.60. The Morgan fingerprint density at radius 2 is 1.78 bits per heavy atom. The quantitative estimate of drug-likeness (QED) is 0.380. The summed E-state index contributed by atoms with van der Waals surface area (Å²) in [6, 6.07) is 8.62. The molecule has 0 saturated carbocycles. The van der Waals surface area contributed by atoms with Crippen molar-refractivity contribution in [3.63, 3.8) is 0 Å². The zero-order valence-corrected chi connectivity index (χ0v) is 21.4. The van der Waals surface area contributed by atoms with E-state index < -0.39 is 0 Å². The Morgan fingerprint density at radius 1 is 1.03 bits per heavy atom. The van der Waals surface area contributed by atoms with Crippen molar-refractivity contribution < 1.29 is 9.59 Å². The third-order valence-corrected chi connectivity index (χ3v) is 7.39. The van der Waals surface area contributed by atoms with Gasteiger partial charge >= 0.3 is 0 Å². The number of hydrogen-bond acceptors (Lipinski definition) is 5. The van der Waals surface area contributed by atoms with Crippen LogP contribution < -0.4 is 10.6 Å². The predicted molar refractivity (Wildman–Crippen MR) is 133 cm³/mol. The van der Waals surface area contributed by atoms with Crippen LogP contribution in [0, 0.1) is 13.8 Å². The van der Waals surface area contributed by atoms with Crippen molar-refractivity contribution in [2.45, 2.75) is 25.4 Å². The molecule has 2 N–H and O–H groups in total. The normalized spacial score (nSPS) is 10.8. The van der Waals surface area contributed by atoms with Crippen molar-refractivity contribution in [3.05, 3.63) is 61.8 Å². The summed E-state index contributed by atoms with van der Waals surface area (Å²) in [7, 11) is 1.75. The minimum absolute atomic E-state index is 0.0217. The van der Waals surface area contributed by atoms with Crippen LogP contribution in [0.4, 0.5) is 11.4 Å². The second kappa shape index (κ2) is 10.7. The van der Waals surface area contributed by atoms with Crippen molar-refractivity contribution in [1.82, 2.24) is 14.8 Å². The Labute approximate surface area is 208 Å². The lowest BCUT2D eigenvalue weighted by atomic mass is 10.1. The molecule has 0 aliphatic carbocycles. The van der Waals surface area contributed by atoms with Gasteiger partial charge in [-0.15, -0.1) is 10.2 Å². The fourth-order valence-corrected chi connectivity index (χ4v) is 4.24. The average Bonchev–Trinajstić information content (AvgIpc) is 3.09. The standard InChI is InChI=1S/C21H20BrCl2N5O2S/c1-11-12(2)17(7-5-14(11)22)26-20(31)10-32-21-28-27-18(29(21)3)9-19(30)25-13-4-6-15(23)16(24)8-13/h4-8H,9-10H2,1-3H3,(H,25,30)(H,26,31). The smallest absolute Gasteiger partial charge is 0.234 e. The maximum atomic E-state index is 12.4. The van der Waals surface area contributed by atoms with E-state index in [0.717, 1.165) is 21.3 Å². The summed E-state index contributed by atoms with van der Waals surface area (Å²) in [5.41, 5.74) is 3.39. The summed E-state index contributed by atoms with van der Waals surface area (Å²) in [5, 5.41) is 15.1. The Kier molecular flexibility index (Phi) is 8.21. The van der Waals surface area contributed by atoms with E-state index in [0.29, 0.717) is 26.7 Å². The molecule has 0 bridgehead atoms. The third-order valence-electron chi connectivity index (χ3n) is 4.77. The number of benzene rings is 2. The molecule has 0 radical (unpaired) electrons. The van der Waals surface area contributed by atoms with Gasteiger partial charge in [0, 0.05) is 22.9 Å². The van der Waals surface area contributed by atoms with Crippen LogP contribution in [0.15, 0.2) is 40.0 Å². The minimum atomic E-state index is -0.269. The highest BCUT2D eigenvalue weighted by molar-refractivity contribution is 9.10. The molecule has 3 aromatic rings. The highest BCUT2D eigenvalue weighted by Crippen LogP contribution is 2.27. The number of aromatic nitrogens is 3. The van der Waals surface area contributed by atoms with Gasteiger partial charge in [-0.1, -0.05) is 50.9 Å². The number of halogens is 3. The van der Waals surface area contributed by atoms with Gasteiger partial charge in [-0.3, -0.25) is 9.59 Å². The summed E-state index contributed by atoms with van der Waals surface area (Å²) in [6.07, 6.45) is 0.0217. The van der Waals surface area contributed by atoms with Gasteiger partial charge in [0.25, 0.3) is 0 Å². The second-order valence-electron chi connectivity index (χ2n) is 6.99. The molecule has 0 aliphatic heterocycles. The largest absolute Gasteiger partial charge is 0.326 e. The van der Waals surface area contributed by atoms with Gasteiger partial charge in [-0.2, -0.15) is 0 Å². The first-order valence-electron chi connectivity index (χ1n) is 9.47. The van der Waals surface area contributed by atoms with Crippen molar-refractivity contribution in [2.75, 3.05) is 16.4 Å². The molecule has 0 spiro atoms. The number of amides is 2. The molecule has 0 saturated heterocycles. The number of hydrogen-bond donors (Lipinski definition) is 2. The molecule has 2 aromatic carbocycles. The fraction of sp³-hybridized carbons (Fsp3) is 0.238. The van der Waals surface area contributed by atoms with E-state index in [4.69, 9.17) is 23.2 Å². The van der Waals surface area contributed by atoms with Crippen LogP contribution in [0.1, 0.15) is 17.0 Å². The highest BCUT2D eigenvalue weighted by Gasteiger charge is 2.15. The zero-order valence-electron chi connectivity index (χ0n) is 17.5. The third kappa shape index (κ3) is 6.04. The van der Waals surface area contributed by atoms with Crippen LogP contribution in [-0.4, -0.2) is 32.3 Å². The van der Waals surface area contributed by atoms with Crippen molar-refractivity contribution in [1.29, 1.82) is 0 Å². The highest BCUT2D eigenvalue weighted by atomic mass is 79.9. The van der Waals surface area contributed by atoms with Crippen LogP contribution in [0.25, 0.3) is 0 Å². The lowest BCUT2D eigenvalue weighted by Gasteiger charge is -2.11. The first kappa shape index (κ1) is 24.6. The molecule has 168 valence electrons. The topological polar surface area (TPSA) is 88.9 Å². The van der Waals surface area contributed by atoms with Gasteiger partial charge in [0.15, 0.2) is 5.16 Å². The van der Waals surface area contributed by atoms with Crippen LogP contribution in [0.2, 0.25) is 10.0 Å². The molecule has 32 heavy (non-hydrogen) atoms. The SMILES string of the molecule is Cc1c(Br)ccc(NC(=O)CSc2nnc(CC(=O)Nc3ccc(Cl)c(Cl)c3)n2C)c1C. The molecule has 2 amide bonds.